The van der Waals surface area contributed by atoms with Crippen LogP contribution in [0.4, 0.5) is 0 Å². The summed E-state index contributed by atoms with van der Waals surface area (Å²) in [4.78, 5) is 25.5. The third-order valence-electron chi connectivity index (χ3n) is 0.520. The molecule has 0 spiro atoms. The smallest absolute Gasteiger partial charge is 0.661 e. The molecule has 0 atom stereocenters. The largest absolute Gasteiger partial charge is 1.00 e. The second-order valence-electron chi connectivity index (χ2n) is 1.14. The molecule has 0 saturated heterocycles. The van der Waals surface area contributed by atoms with Crippen LogP contribution in [0.25, 0.3) is 0 Å². The summed E-state index contributed by atoms with van der Waals surface area (Å²) in [7, 11) is 0. The van der Waals surface area contributed by atoms with E-state index in [-0.39, 0.29) is 59.1 Å². The van der Waals surface area contributed by atoms with E-state index in [4.69, 9.17) is 0 Å². The van der Waals surface area contributed by atoms with Crippen LogP contribution in [-0.2, 0) is 19.4 Å². The van der Waals surface area contributed by atoms with Gasteiger partial charge in [-0.3, -0.25) is 0 Å². The SMILES string of the molecule is O=C(/C=C\C(=O)O[O-])O[O-].[Na+].[Na+]. The Morgan fingerprint density at radius 1 is 0.917 bits per heavy atom. The van der Waals surface area contributed by atoms with Gasteiger partial charge in [0.1, 0.15) is 0 Å². The van der Waals surface area contributed by atoms with Crippen LogP contribution in [0.1, 0.15) is 0 Å². The third-order valence-corrected chi connectivity index (χ3v) is 0.520. The number of carbonyl (C=O) groups is 2. The van der Waals surface area contributed by atoms with E-state index in [9.17, 15) is 20.1 Å². The van der Waals surface area contributed by atoms with Crippen molar-refractivity contribution in [2.24, 2.45) is 0 Å². The molecule has 0 aromatic carbocycles. The Hall–Kier alpha value is 0.600. The van der Waals surface area contributed by atoms with Crippen molar-refractivity contribution in [3.8, 4) is 0 Å². The minimum atomic E-state index is -1.27. The molecule has 0 bridgehead atoms. The van der Waals surface area contributed by atoms with Gasteiger partial charge in [0.2, 0.25) is 0 Å². The van der Waals surface area contributed by atoms with Crippen molar-refractivity contribution in [2.45, 2.75) is 0 Å². The maximum atomic E-state index is 9.90. The Morgan fingerprint density at radius 2 is 1.17 bits per heavy atom. The Morgan fingerprint density at radius 3 is 1.33 bits per heavy atom. The molecule has 8 heteroatoms. The molecule has 0 rings (SSSR count). The van der Waals surface area contributed by atoms with Gasteiger partial charge in [0.05, 0.1) is 0 Å². The predicted molar refractivity (Wildman–Crippen MR) is 21.3 cm³/mol. The van der Waals surface area contributed by atoms with Gasteiger partial charge < -0.3 is 20.3 Å². The first kappa shape index (κ1) is 18.4. The van der Waals surface area contributed by atoms with E-state index in [1.807, 2.05) is 0 Å². The summed E-state index contributed by atoms with van der Waals surface area (Å²) in [6.45, 7) is 0. The van der Waals surface area contributed by atoms with E-state index in [0.717, 1.165) is 0 Å². The van der Waals surface area contributed by atoms with E-state index >= 15 is 0 Å². The van der Waals surface area contributed by atoms with Gasteiger partial charge in [0.15, 0.2) is 0 Å². The van der Waals surface area contributed by atoms with Crippen LogP contribution in [0.5, 0.6) is 0 Å². The van der Waals surface area contributed by atoms with Gasteiger partial charge in [0, 0.05) is 12.2 Å². The van der Waals surface area contributed by atoms with Crippen molar-refractivity contribution in [2.75, 3.05) is 0 Å². The average molecular weight is 192 g/mol. The van der Waals surface area contributed by atoms with Crippen LogP contribution in [-0.4, -0.2) is 11.9 Å². The zero-order chi connectivity index (χ0) is 7.98. The maximum Gasteiger partial charge on any atom is 1.00 e. The third kappa shape index (κ3) is 10.6. The van der Waals surface area contributed by atoms with E-state index in [0.29, 0.717) is 12.2 Å². The summed E-state index contributed by atoms with van der Waals surface area (Å²) < 4.78 is 0. The minimum Gasteiger partial charge on any atom is -0.661 e. The van der Waals surface area contributed by atoms with E-state index < -0.39 is 11.9 Å². The first-order valence-electron chi connectivity index (χ1n) is 2.06. The van der Waals surface area contributed by atoms with Crippen molar-refractivity contribution in [1.29, 1.82) is 0 Å². The summed E-state index contributed by atoms with van der Waals surface area (Å²) in [5, 5.41) is 18.4. The standard InChI is InChI=1S/C4H4O6.2Na/c5-3(9-7)1-2-4(6)10-8;;/h1-2,7-8H;;/q;2*+1/p-2/b2-1-;;. The van der Waals surface area contributed by atoms with Gasteiger partial charge in [-0.2, -0.15) is 0 Å². The summed E-state index contributed by atoms with van der Waals surface area (Å²) in [5.74, 6) is -2.55. The maximum absolute atomic E-state index is 9.90. The van der Waals surface area contributed by atoms with Crippen molar-refractivity contribution < 1.29 is 89.0 Å². The van der Waals surface area contributed by atoms with Crippen molar-refractivity contribution in [3.05, 3.63) is 12.2 Å². The molecule has 0 amide bonds. The summed E-state index contributed by atoms with van der Waals surface area (Å²) in [6.07, 6.45) is 0.959. The second-order valence-corrected chi connectivity index (χ2v) is 1.14. The molecule has 0 aromatic heterocycles. The van der Waals surface area contributed by atoms with E-state index in [2.05, 4.69) is 9.78 Å². The number of rotatable bonds is 2. The first-order valence-corrected chi connectivity index (χ1v) is 2.06. The molecule has 0 N–H and O–H groups in total. The number of hydrogen-bond donors (Lipinski definition) is 0. The second kappa shape index (κ2) is 11.6. The van der Waals surface area contributed by atoms with Crippen LogP contribution in [0.2, 0.25) is 0 Å². The molecule has 12 heavy (non-hydrogen) atoms. The monoisotopic (exact) mass is 192 g/mol. The molecule has 0 aliphatic carbocycles. The summed E-state index contributed by atoms with van der Waals surface area (Å²) in [5.41, 5.74) is 0. The van der Waals surface area contributed by atoms with Gasteiger partial charge in [-0.15, -0.1) is 0 Å². The fraction of sp³-hybridized carbons (Fsp3) is 0. The normalized spacial score (nSPS) is 7.83. The Labute approximate surface area is 112 Å². The Bertz CT molecular complexity index is 149. The molecule has 56 valence electrons. The Kier molecular flexibility index (Phi) is 17.8. The molecule has 0 radical (unpaired) electrons. The predicted octanol–water partition coefficient (Wildman–Crippen LogP) is -8.81. The topological polar surface area (TPSA) is 98.7 Å². The molecule has 0 heterocycles. The molecule has 0 fully saturated rings. The molecule has 6 nitrogen and oxygen atoms in total. The van der Waals surface area contributed by atoms with E-state index in [1.54, 1.807) is 0 Å². The minimum absolute atomic E-state index is 0. The van der Waals surface area contributed by atoms with Crippen LogP contribution in [0.3, 0.4) is 0 Å². The number of hydrogen-bond acceptors (Lipinski definition) is 6. The van der Waals surface area contributed by atoms with Crippen molar-refractivity contribution in [1.82, 2.24) is 0 Å². The molecule has 0 aliphatic rings. The van der Waals surface area contributed by atoms with Gasteiger partial charge >= 0.3 is 71.1 Å². The van der Waals surface area contributed by atoms with Gasteiger partial charge in [-0.1, -0.05) is 0 Å². The fourth-order valence-electron chi connectivity index (χ4n) is 0.192. The zero-order valence-corrected chi connectivity index (χ0v) is 10.6. The fourth-order valence-corrected chi connectivity index (χ4v) is 0.192. The molecule has 0 unspecified atom stereocenters. The van der Waals surface area contributed by atoms with E-state index in [1.165, 1.54) is 0 Å². The summed E-state index contributed by atoms with van der Waals surface area (Å²) >= 11 is 0. The zero-order valence-electron chi connectivity index (χ0n) is 6.60. The number of carbonyl (C=O) groups excluding carboxylic acids is 2. The van der Waals surface area contributed by atoms with Gasteiger partial charge in [-0.05, 0) is 0 Å². The molecule has 0 aromatic rings. The van der Waals surface area contributed by atoms with Crippen LogP contribution >= 0.6 is 0 Å². The van der Waals surface area contributed by atoms with Crippen LogP contribution < -0.4 is 69.6 Å². The Balaban J connectivity index is -0.000000405. The first-order chi connectivity index (χ1) is 4.70. The molecule has 0 aliphatic heterocycles. The molecular weight excluding hydrogens is 190 g/mol. The van der Waals surface area contributed by atoms with Crippen LogP contribution in [0, 0.1) is 0 Å². The van der Waals surface area contributed by atoms with Crippen molar-refractivity contribution >= 4 is 11.9 Å². The van der Waals surface area contributed by atoms with Crippen molar-refractivity contribution in [3.63, 3.8) is 0 Å². The quantitative estimate of drug-likeness (QED) is 0.186. The van der Waals surface area contributed by atoms with Gasteiger partial charge in [0.25, 0.3) is 0 Å². The summed E-state index contributed by atoms with van der Waals surface area (Å²) in [6, 6.07) is 0. The molecule has 0 saturated carbocycles. The van der Waals surface area contributed by atoms with Crippen LogP contribution in [0.15, 0.2) is 12.2 Å². The average Bonchev–Trinajstić information content (AvgIpc) is 1.99. The van der Waals surface area contributed by atoms with Gasteiger partial charge in [-0.25, -0.2) is 9.59 Å². The molecular formula is C4H2Na2O6.